The van der Waals surface area contributed by atoms with Crippen LogP contribution in [0.15, 0.2) is 22.7 Å². The molecule has 0 aromatic heterocycles. The Morgan fingerprint density at radius 1 is 1.52 bits per heavy atom. The maximum atomic E-state index is 14.0. The molecule has 1 atom stereocenters. The zero-order valence-corrected chi connectivity index (χ0v) is 13.6. The number of amidine groups is 1. The highest BCUT2D eigenvalue weighted by molar-refractivity contribution is 9.10. The van der Waals surface area contributed by atoms with Crippen LogP contribution in [0.25, 0.3) is 0 Å². The lowest BCUT2D eigenvalue weighted by molar-refractivity contribution is -0.0627. The third-order valence-corrected chi connectivity index (χ3v) is 4.39. The summed E-state index contributed by atoms with van der Waals surface area (Å²) in [6, 6.07) is 4.64. The van der Waals surface area contributed by atoms with E-state index in [1.165, 1.54) is 6.07 Å². The number of halogens is 2. The largest absolute Gasteiger partial charge is 0.459 e. The van der Waals surface area contributed by atoms with Crippen molar-refractivity contribution in [3.63, 3.8) is 0 Å². The minimum atomic E-state index is -0.543. The predicted molar refractivity (Wildman–Crippen MR) is 82.9 cm³/mol. The van der Waals surface area contributed by atoms with Crippen molar-refractivity contribution in [3.05, 3.63) is 34.1 Å². The molecule has 1 aromatic rings. The molecule has 6 heteroatoms. The number of nitrogens with two attached hydrogens (primary N) is 1. The van der Waals surface area contributed by atoms with Crippen molar-refractivity contribution in [1.82, 2.24) is 0 Å². The second kappa shape index (κ2) is 6.75. The zero-order valence-electron chi connectivity index (χ0n) is 12.0. The molecular formula is C15H20BrFN2O2. The van der Waals surface area contributed by atoms with Crippen molar-refractivity contribution in [2.24, 2.45) is 5.73 Å². The van der Waals surface area contributed by atoms with Gasteiger partial charge in [-0.1, -0.05) is 22.9 Å². The van der Waals surface area contributed by atoms with Crippen LogP contribution in [0.1, 0.15) is 37.7 Å². The minimum absolute atomic E-state index is 0.0417. The second-order valence-electron chi connectivity index (χ2n) is 5.53. The normalized spacial score (nSPS) is 19.0. The van der Waals surface area contributed by atoms with Gasteiger partial charge in [0.1, 0.15) is 11.4 Å². The van der Waals surface area contributed by atoms with Crippen LogP contribution >= 0.6 is 15.9 Å². The predicted octanol–water partition coefficient (Wildman–Crippen LogP) is 3.54. The van der Waals surface area contributed by atoms with Gasteiger partial charge in [0, 0.05) is 17.3 Å². The van der Waals surface area contributed by atoms with E-state index in [1.54, 1.807) is 12.1 Å². The summed E-state index contributed by atoms with van der Waals surface area (Å²) < 4.78 is 25.8. The van der Waals surface area contributed by atoms with Crippen LogP contribution in [0.2, 0.25) is 0 Å². The highest BCUT2D eigenvalue weighted by Crippen LogP contribution is 2.37. The Kier molecular flexibility index (Phi) is 5.22. The van der Waals surface area contributed by atoms with Gasteiger partial charge < -0.3 is 15.2 Å². The van der Waals surface area contributed by atoms with Gasteiger partial charge in [-0.3, -0.25) is 5.41 Å². The van der Waals surface area contributed by atoms with Gasteiger partial charge in [-0.25, -0.2) is 4.39 Å². The Labute approximate surface area is 132 Å². The number of hydrogen-bond donors (Lipinski definition) is 2. The first-order valence-corrected chi connectivity index (χ1v) is 7.77. The summed E-state index contributed by atoms with van der Waals surface area (Å²) in [5, 5.41) is 7.41. The maximum Gasteiger partial charge on any atom is 0.279 e. The molecule has 0 bridgehead atoms. The fourth-order valence-corrected chi connectivity index (χ4v) is 3.26. The molecule has 3 N–H and O–H groups in total. The molecule has 0 amide bonds. The van der Waals surface area contributed by atoms with E-state index >= 15 is 0 Å². The second-order valence-corrected chi connectivity index (χ2v) is 6.45. The molecule has 1 aliphatic rings. The highest BCUT2D eigenvalue weighted by Gasteiger charge is 2.37. The van der Waals surface area contributed by atoms with Crippen molar-refractivity contribution < 1.29 is 13.9 Å². The molecule has 0 spiro atoms. The van der Waals surface area contributed by atoms with Crippen LogP contribution in [0.3, 0.4) is 0 Å². The summed E-state index contributed by atoms with van der Waals surface area (Å²) in [6.07, 6.45) is 1.92. The van der Waals surface area contributed by atoms with E-state index in [-0.39, 0.29) is 17.8 Å². The van der Waals surface area contributed by atoms with Crippen molar-refractivity contribution >= 4 is 22.0 Å². The van der Waals surface area contributed by atoms with Gasteiger partial charge in [0.05, 0.1) is 13.2 Å². The number of rotatable bonds is 4. The Bertz CT molecular complexity index is 518. The van der Waals surface area contributed by atoms with Crippen LogP contribution in [-0.4, -0.2) is 24.8 Å². The first-order valence-electron chi connectivity index (χ1n) is 6.98. The van der Waals surface area contributed by atoms with E-state index in [1.807, 2.05) is 6.92 Å². The molecule has 1 fully saturated rings. The Balaban J connectivity index is 2.19. The molecule has 1 unspecified atom stereocenters. The van der Waals surface area contributed by atoms with Crippen molar-refractivity contribution in [2.75, 3.05) is 13.2 Å². The third kappa shape index (κ3) is 4.17. The van der Waals surface area contributed by atoms with Gasteiger partial charge in [0.25, 0.3) is 6.02 Å². The third-order valence-electron chi connectivity index (χ3n) is 3.90. The summed E-state index contributed by atoms with van der Waals surface area (Å²) in [7, 11) is 0. The molecule has 21 heavy (non-hydrogen) atoms. The molecule has 1 saturated heterocycles. The van der Waals surface area contributed by atoms with Gasteiger partial charge >= 0.3 is 0 Å². The summed E-state index contributed by atoms with van der Waals surface area (Å²) in [5.41, 5.74) is 5.51. The fraction of sp³-hybridized carbons (Fsp3) is 0.533. The molecule has 0 radical (unpaired) electrons. The van der Waals surface area contributed by atoms with Crippen LogP contribution < -0.4 is 5.73 Å². The summed E-state index contributed by atoms with van der Waals surface area (Å²) in [6.45, 7) is 3.10. The Morgan fingerprint density at radius 3 is 2.81 bits per heavy atom. The molecular weight excluding hydrogens is 339 g/mol. The summed E-state index contributed by atoms with van der Waals surface area (Å²) in [5.74, 6) is -0.268. The van der Waals surface area contributed by atoms with E-state index in [2.05, 4.69) is 15.9 Å². The van der Waals surface area contributed by atoms with Gasteiger partial charge in [0.2, 0.25) is 0 Å². The van der Waals surface area contributed by atoms with Crippen molar-refractivity contribution in [2.45, 2.75) is 37.7 Å². The number of hydrogen-bond acceptors (Lipinski definition) is 3. The molecule has 116 valence electrons. The lowest BCUT2D eigenvalue weighted by atomic mass is 9.82. The van der Waals surface area contributed by atoms with E-state index in [0.717, 1.165) is 4.47 Å². The molecule has 1 heterocycles. The average molecular weight is 359 g/mol. The average Bonchev–Trinajstić information content (AvgIpc) is 2.41. The lowest BCUT2D eigenvalue weighted by Gasteiger charge is -2.38. The standard InChI is InChI=1S/C15H20BrFN2O2/c1-10(12-8-11(16)2-3-13(12)17)9-15(21-14(18)19)4-6-20-7-5-15/h2-3,8,10H,4-7,9H2,1H3,(H3,18,19). The van der Waals surface area contributed by atoms with Gasteiger partial charge in [-0.2, -0.15) is 0 Å². The Hall–Kier alpha value is -1.14. The monoisotopic (exact) mass is 358 g/mol. The molecule has 1 aromatic carbocycles. The van der Waals surface area contributed by atoms with Crippen LogP contribution in [0.4, 0.5) is 4.39 Å². The first kappa shape index (κ1) is 16.2. The molecule has 1 aliphatic heterocycles. The number of nitrogens with one attached hydrogen (secondary N) is 1. The van der Waals surface area contributed by atoms with Crippen molar-refractivity contribution in [1.29, 1.82) is 5.41 Å². The summed E-state index contributed by atoms with van der Waals surface area (Å²) >= 11 is 3.37. The minimum Gasteiger partial charge on any atom is -0.459 e. The SMILES string of the molecule is CC(CC1(OC(=N)N)CCOCC1)c1cc(Br)ccc1F. The molecule has 0 saturated carbocycles. The zero-order chi connectivity index (χ0) is 15.5. The van der Waals surface area contributed by atoms with Crippen LogP contribution in [-0.2, 0) is 9.47 Å². The first-order chi connectivity index (χ1) is 9.92. The number of ether oxygens (including phenoxy) is 2. The summed E-state index contributed by atoms with van der Waals surface area (Å²) in [4.78, 5) is 0. The molecule has 0 aliphatic carbocycles. The van der Waals surface area contributed by atoms with Gasteiger partial charge in [-0.15, -0.1) is 0 Å². The number of benzene rings is 1. The van der Waals surface area contributed by atoms with Crippen LogP contribution in [0.5, 0.6) is 0 Å². The quantitative estimate of drug-likeness (QED) is 0.638. The fourth-order valence-electron chi connectivity index (χ4n) is 2.88. The lowest BCUT2D eigenvalue weighted by Crippen LogP contribution is -2.43. The van der Waals surface area contributed by atoms with E-state index in [4.69, 9.17) is 20.6 Å². The maximum absolute atomic E-state index is 14.0. The highest BCUT2D eigenvalue weighted by atomic mass is 79.9. The molecule has 4 nitrogen and oxygen atoms in total. The smallest absolute Gasteiger partial charge is 0.279 e. The van der Waals surface area contributed by atoms with E-state index < -0.39 is 5.60 Å². The topological polar surface area (TPSA) is 68.3 Å². The van der Waals surface area contributed by atoms with Crippen molar-refractivity contribution in [3.8, 4) is 0 Å². The van der Waals surface area contributed by atoms with E-state index in [0.29, 0.717) is 38.0 Å². The van der Waals surface area contributed by atoms with Crippen LogP contribution in [0, 0.1) is 11.2 Å². The molecule has 2 rings (SSSR count). The Morgan fingerprint density at radius 2 is 2.19 bits per heavy atom. The van der Waals surface area contributed by atoms with Gasteiger partial charge in [-0.05, 0) is 36.1 Å². The van der Waals surface area contributed by atoms with E-state index in [9.17, 15) is 4.39 Å². The van der Waals surface area contributed by atoms with Gasteiger partial charge in [0.15, 0.2) is 0 Å².